The average molecular weight is 262 g/mol. The van der Waals surface area contributed by atoms with Crippen LogP contribution in [0.3, 0.4) is 0 Å². The number of ether oxygens (including phenoxy) is 1. The second kappa shape index (κ2) is 6.06. The summed E-state index contributed by atoms with van der Waals surface area (Å²) in [6.45, 7) is 4.26. The van der Waals surface area contributed by atoms with Gasteiger partial charge in [-0.15, -0.1) is 0 Å². The lowest BCUT2D eigenvalue weighted by atomic mass is 10.0. The Kier molecular flexibility index (Phi) is 4.43. The Labute approximate surface area is 114 Å². The zero-order valence-corrected chi connectivity index (χ0v) is 11.9. The highest BCUT2D eigenvalue weighted by Crippen LogP contribution is 2.20. The number of carbonyl (C=O) groups is 1. The summed E-state index contributed by atoms with van der Waals surface area (Å²) in [6, 6.07) is 6.14. The molecule has 0 aromatic heterocycles. The number of methoxy groups -OCH3 is 1. The number of likely N-dealkylation sites (N-methyl/N-ethyl adjacent to an activating group) is 1. The number of hydrogen-bond acceptors (Lipinski definition) is 4. The fourth-order valence-corrected chi connectivity index (χ4v) is 2.57. The van der Waals surface area contributed by atoms with Gasteiger partial charge in [-0.25, -0.2) is 4.79 Å². The van der Waals surface area contributed by atoms with Crippen LogP contribution in [0.15, 0.2) is 18.2 Å². The molecule has 1 aromatic carbocycles. The van der Waals surface area contributed by atoms with Gasteiger partial charge in [0.1, 0.15) is 0 Å². The molecule has 1 aliphatic rings. The minimum atomic E-state index is -0.285. The second-order valence-corrected chi connectivity index (χ2v) is 5.27. The lowest BCUT2D eigenvalue weighted by Gasteiger charge is -2.31. The number of anilines is 1. The van der Waals surface area contributed by atoms with Gasteiger partial charge < -0.3 is 15.0 Å². The Balaban J connectivity index is 2.06. The maximum atomic E-state index is 11.5. The van der Waals surface area contributed by atoms with Crippen LogP contribution in [0.4, 0.5) is 5.69 Å². The number of carbonyl (C=O) groups excluding carboxylic acids is 1. The molecule has 1 saturated heterocycles. The van der Waals surface area contributed by atoms with Crippen LogP contribution < -0.4 is 5.32 Å². The van der Waals surface area contributed by atoms with Crippen molar-refractivity contribution in [2.24, 2.45) is 0 Å². The molecule has 4 nitrogen and oxygen atoms in total. The smallest absolute Gasteiger partial charge is 0.337 e. The number of likely N-dealkylation sites (tertiary alicyclic amines) is 1. The number of benzene rings is 1. The van der Waals surface area contributed by atoms with E-state index in [0.717, 1.165) is 17.8 Å². The Hall–Kier alpha value is -1.55. The van der Waals surface area contributed by atoms with Gasteiger partial charge in [0.15, 0.2) is 0 Å². The van der Waals surface area contributed by atoms with Crippen LogP contribution in [0.5, 0.6) is 0 Å². The number of esters is 1. The third-order valence-corrected chi connectivity index (χ3v) is 3.63. The normalized spacial score (nSPS) is 20.1. The number of hydrogen-bond donors (Lipinski definition) is 1. The molecule has 0 radical (unpaired) electrons. The predicted molar refractivity (Wildman–Crippen MR) is 76.7 cm³/mol. The monoisotopic (exact) mass is 262 g/mol. The van der Waals surface area contributed by atoms with Gasteiger partial charge in [0.05, 0.1) is 12.7 Å². The van der Waals surface area contributed by atoms with Crippen LogP contribution in [0.2, 0.25) is 0 Å². The lowest BCUT2D eigenvalue weighted by molar-refractivity contribution is 0.0600. The lowest BCUT2D eigenvalue weighted by Crippen LogP contribution is -2.39. The van der Waals surface area contributed by atoms with E-state index in [2.05, 4.69) is 17.3 Å². The fourth-order valence-electron chi connectivity index (χ4n) is 2.57. The molecule has 1 aromatic rings. The molecule has 1 N–H and O–H groups in total. The largest absolute Gasteiger partial charge is 0.465 e. The quantitative estimate of drug-likeness (QED) is 0.849. The van der Waals surface area contributed by atoms with E-state index in [-0.39, 0.29) is 5.97 Å². The summed E-state index contributed by atoms with van der Waals surface area (Å²) in [5.74, 6) is -0.285. The Morgan fingerprint density at radius 3 is 2.89 bits per heavy atom. The molecule has 0 spiro atoms. The predicted octanol–water partition coefficient (Wildman–Crippen LogP) is 2.29. The zero-order chi connectivity index (χ0) is 13.8. The van der Waals surface area contributed by atoms with E-state index in [0.29, 0.717) is 11.6 Å². The topological polar surface area (TPSA) is 41.6 Å². The van der Waals surface area contributed by atoms with E-state index in [1.807, 2.05) is 25.1 Å². The number of rotatable bonds is 3. The molecule has 0 aliphatic carbocycles. The van der Waals surface area contributed by atoms with Crippen molar-refractivity contribution in [1.29, 1.82) is 0 Å². The van der Waals surface area contributed by atoms with Crippen molar-refractivity contribution in [1.82, 2.24) is 4.90 Å². The van der Waals surface area contributed by atoms with Gasteiger partial charge in [-0.05, 0) is 57.1 Å². The van der Waals surface area contributed by atoms with Crippen molar-refractivity contribution in [3.05, 3.63) is 29.3 Å². The molecule has 1 heterocycles. The first kappa shape index (κ1) is 13.9. The Morgan fingerprint density at radius 2 is 2.26 bits per heavy atom. The minimum absolute atomic E-state index is 0.285. The molecule has 0 amide bonds. The van der Waals surface area contributed by atoms with Crippen molar-refractivity contribution >= 4 is 11.7 Å². The van der Waals surface area contributed by atoms with Crippen LogP contribution in [-0.2, 0) is 4.74 Å². The van der Waals surface area contributed by atoms with Crippen LogP contribution in [0.1, 0.15) is 28.8 Å². The third-order valence-electron chi connectivity index (χ3n) is 3.63. The second-order valence-electron chi connectivity index (χ2n) is 5.27. The van der Waals surface area contributed by atoms with E-state index < -0.39 is 0 Å². The highest BCUT2D eigenvalue weighted by atomic mass is 16.5. The highest BCUT2D eigenvalue weighted by molar-refractivity contribution is 5.90. The van der Waals surface area contributed by atoms with Crippen LogP contribution in [0, 0.1) is 6.92 Å². The van der Waals surface area contributed by atoms with E-state index in [9.17, 15) is 4.79 Å². The van der Waals surface area contributed by atoms with Crippen molar-refractivity contribution in [3.8, 4) is 0 Å². The summed E-state index contributed by atoms with van der Waals surface area (Å²) in [5.41, 5.74) is 2.79. The Morgan fingerprint density at radius 1 is 1.47 bits per heavy atom. The molecule has 0 saturated carbocycles. The van der Waals surface area contributed by atoms with Gasteiger partial charge in [-0.1, -0.05) is 0 Å². The van der Waals surface area contributed by atoms with E-state index >= 15 is 0 Å². The maximum absolute atomic E-state index is 11.5. The van der Waals surface area contributed by atoms with Gasteiger partial charge in [0.25, 0.3) is 0 Å². The van der Waals surface area contributed by atoms with Gasteiger partial charge in [0.2, 0.25) is 0 Å². The maximum Gasteiger partial charge on any atom is 0.337 e. The molecule has 2 rings (SSSR count). The van der Waals surface area contributed by atoms with Crippen molar-refractivity contribution in [2.75, 3.05) is 32.6 Å². The number of nitrogens with zero attached hydrogens (tertiary/aromatic N) is 1. The van der Waals surface area contributed by atoms with Crippen molar-refractivity contribution in [2.45, 2.75) is 25.8 Å². The summed E-state index contributed by atoms with van der Waals surface area (Å²) in [7, 11) is 3.56. The molecule has 0 bridgehead atoms. The first-order valence-electron chi connectivity index (χ1n) is 6.74. The summed E-state index contributed by atoms with van der Waals surface area (Å²) >= 11 is 0. The molecule has 4 heteroatoms. The molecule has 1 atom stereocenters. The highest BCUT2D eigenvalue weighted by Gasteiger charge is 2.17. The molecule has 1 unspecified atom stereocenters. The standard InChI is InChI=1S/C15H22N2O2/c1-11-9-12(15(18)19-3)6-7-14(11)16-13-5-4-8-17(2)10-13/h6-7,9,13,16H,4-5,8,10H2,1-3H3. The summed E-state index contributed by atoms with van der Waals surface area (Å²) in [4.78, 5) is 13.8. The van der Waals surface area contributed by atoms with Gasteiger partial charge in [-0.2, -0.15) is 0 Å². The van der Waals surface area contributed by atoms with Crippen LogP contribution >= 0.6 is 0 Å². The van der Waals surface area contributed by atoms with E-state index in [1.165, 1.54) is 26.5 Å². The summed E-state index contributed by atoms with van der Waals surface area (Å²) in [5, 5.41) is 3.57. The average Bonchev–Trinajstić information content (AvgIpc) is 2.40. The summed E-state index contributed by atoms with van der Waals surface area (Å²) < 4.78 is 4.73. The zero-order valence-electron chi connectivity index (χ0n) is 11.9. The number of nitrogens with one attached hydrogen (secondary N) is 1. The fraction of sp³-hybridized carbons (Fsp3) is 0.533. The van der Waals surface area contributed by atoms with Gasteiger partial charge in [-0.3, -0.25) is 0 Å². The molecular formula is C15H22N2O2. The SMILES string of the molecule is COC(=O)c1ccc(NC2CCCN(C)C2)c(C)c1. The third kappa shape index (κ3) is 3.47. The van der Waals surface area contributed by atoms with E-state index in [4.69, 9.17) is 4.74 Å². The van der Waals surface area contributed by atoms with Gasteiger partial charge in [0, 0.05) is 18.3 Å². The van der Waals surface area contributed by atoms with Crippen molar-refractivity contribution in [3.63, 3.8) is 0 Å². The molecular weight excluding hydrogens is 240 g/mol. The molecule has 104 valence electrons. The Bertz CT molecular complexity index is 459. The van der Waals surface area contributed by atoms with Crippen LogP contribution in [-0.4, -0.2) is 44.2 Å². The van der Waals surface area contributed by atoms with Gasteiger partial charge >= 0.3 is 5.97 Å². The molecule has 19 heavy (non-hydrogen) atoms. The molecule has 1 fully saturated rings. The molecule has 1 aliphatic heterocycles. The number of piperidine rings is 1. The van der Waals surface area contributed by atoms with Crippen molar-refractivity contribution < 1.29 is 9.53 Å². The first-order valence-corrected chi connectivity index (χ1v) is 6.74. The summed E-state index contributed by atoms with van der Waals surface area (Å²) in [6.07, 6.45) is 2.43. The number of aryl methyl sites for hydroxylation is 1. The van der Waals surface area contributed by atoms with Crippen LogP contribution in [0.25, 0.3) is 0 Å². The first-order chi connectivity index (χ1) is 9.10. The minimum Gasteiger partial charge on any atom is -0.465 e. The van der Waals surface area contributed by atoms with E-state index in [1.54, 1.807) is 0 Å².